The van der Waals surface area contributed by atoms with E-state index < -0.39 is 6.67 Å². The molecule has 16 heavy (non-hydrogen) atoms. The second kappa shape index (κ2) is 4.35. The van der Waals surface area contributed by atoms with Crippen LogP contribution < -0.4 is 10.2 Å². The molecule has 0 saturated heterocycles. The third-order valence-corrected chi connectivity index (χ3v) is 2.20. The lowest BCUT2D eigenvalue weighted by atomic mass is 10.2. The largest absolute Gasteiger partial charge is 0.493 e. The van der Waals surface area contributed by atoms with E-state index in [-0.39, 0.29) is 11.2 Å². The zero-order valence-corrected chi connectivity index (χ0v) is 8.83. The Hall–Kier alpha value is -1.84. The Kier molecular flexibility index (Phi) is 2.90. The second-order valence-corrected chi connectivity index (χ2v) is 3.27. The van der Waals surface area contributed by atoms with Crippen LogP contribution in [0.25, 0.3) is 11.0 Å². The van der Waals surface area contributed by atoms with Crippen molar-refractivity contribution in [1.29, 1.82) is 0 Å². The highest BCUT2D eigenvalue weighted by atomic mass is 19.1. The molecular weight excluding hydrogens is 211 g/mol. The van der Waals surface area contributed by atoms with Crippen LogP contribution in [-0.2, 0) is 6.67 Å². The first kappa shape index (κ1) is 10.7. The van der Waals surface area contributed by atoms with Crippen molar-refractivity contribution in [3.8, 4) is 5.75 Å². The first-order valence-corrected chi connectivity index (χ1v) is 5.00. The van der Waals surface area contributed by atoms with Crippen molar-refractivity contribution >= 4 is 11.0 Å². The molecule has 0 fully saturated rings. The van der Waals surface area contributed by atoms with Gasteiger partial charge in [-0.25, -0.2) is 4.39 Å². The molecule has 0 aliphatic carbocycles. The molecular formula is C12H11FO3. The predicted octanol–water partition coefficient (Wildman–Crippen LogP) is 2.66. The van der Waals surface area contributed by atoms with Crippen LogP contribution in [0.5, 0.6) is 5.75 Å². The molecule has 2 aromatic rings. The third-order valence-electron chi connectivity index (χ3n) is 2.20. The number of fused-ring (bicyclic) bond motifs is 1. The molecule has 3 nitrogen and oxygen atoms in total. The fourth-order valence-corrected chi connectivity index (χ4v) is 1.57. The van der Waals surface area contributed by atoms with Gasteiger partial charge >= 0.3 is 0 Å². The van der Waals surface area contributed by atoms with Gasteiger partial charge in [-0.15, -0.1) is 0 Å². The fraction of sp³-hybridized carbons (Fsp3) is 0.250. The quantitative estimate of drug-likeness (QED) is 0.801. The standard InChI is InChI=1S/C12H11FO3/c1-2-15-10-4-3-5-11-12(10)9(14)6-8(7-13)16-11/h3-6H,2,7H2,1H3. The number of benzene rings is 1. The number of hydrogen-bond acceptors (Lipinski definition) is 3. The summed E-state index contributed by atoms with van der Waals surface area (Å²) in [5, 5.41) is 0.363. The van der Waals surface area contributed by atoms with Crippen LogP contribution in [0.4, 0.5) is 4.39 Å². The summed E-state index contributed by atoms with van der Waals surface area (Å²) in [6.07, 6.45) is 0. The summed E-state index contributed by atoms with van der Waals surface area (Å²) >= 11 is 0. The lowest BCUT2D eigenvalue weighted by Gasteiger charge is -2.06. The van der Waals surface area contributed by atoms with Gasteiger partial charge in [-0.05, 0) is 19.1 Å². The van der Waals surface area contributed by atoms with Gasteiger partial charge in [-0.3, -0.25) is 4.79 Å². The van der Waals surface area contributed by atoms with E-state index in [2.05, 4.69) is 0 Å². The average Bonchev–Trinajstić information content (AvgIpc) is 2.29. The highest BCUT2D eigenvalue weighted by Gasteiger charge is 2.09. The monoisotopic (exact) mass is 222 g/mol. The summed E-state index contributed by atoms with van der Waals surface area (Å²) in [6, 6.07) is 6.18. The molecule has 1 aromatic carbocycles. The Morgan fingerprint density at radius 3 is 2.94 bits per heavy atom. The second-order valence-electron chi connectivity index (χ2n) is 3.27. The average molecular weight is 222 g/mol. The maximum absolute atomic E-state index is 12.4. The number of ether oxygens (including phenoxy) is 1. The minimum Gasteiger partial charge on any atom is -0.493 e. The summed E-state index contributed by atoms with van der Waals surface area (Å²) < 4.78 is 23.0. The van der Waals surface area contributed by atoms with Gasteiger partial charge in [0.15, 0.2) is 5.43 Å². The maximum atomic E-state index is 12.4. The van der Waals surface area contributed by atoms with E-state index in [1.54, 1.807) is 18.2 Å². The summed E-state index contributed by atoms with van der Waals surface area (Å²) in [7, 11) is 0. The Balaban J connectivity index is 2.73. The van der Waals surface area contributed by atoms with Crippen molar-refractivity contribution in [2.45, 2.75) is 13.6 Å². The van der Waals surface area contributed by atoms with Gasteiger partial charge in [0.1, 0.15) is 29.2 Å². The van der Waals surface area contributed by atoms with E-state index in [0.717, 1.165) is 6.07 Å². The third kappa shape index (κ3) is 1.78. The smallest absolute Gasteiger partial charge is 0.196 e. The van der Waals surface area contributed by atoms with Crippen molar-refractivity contribution in [1.82, 2.24) is 0 Å². The lowest BCUT2D eigenvalue weighted by Crippen LogP contribution is -2.04. The van der Waals surface area contributed by atoms with E-state index >= 15 is 0 Å². The summed E-state index contributed by atoms with van der Waals surface area (Å²) in [5.41, 5.74) is 0.0732. The van der Waals surface area contributed by atoms with Gasteiger partial charge in [0.05, 0.1) is 6.61 Å². The van der Waals surface area contributed by atoms with Crippen LogP contribution in [-0.4, -0.2) is 6.61 Å². The van der Waals surface area contributed by atoms with Gasteiger partial charge in [0.25, 0.3) is 0 Å². The normalized spacial score (nSPS) is 10.6. The van der Waals surface area contributed by atoms with E-state index in [9.17, 15) is 9.18 Å². The zero-order valence-electron chi connectivity index (χ0n) is 8.83. The molecule has 1 aromatic heterocycles. The van der Waals surface area contributed by atoms with E-state index in [0.29, 0.717) is 23.3 Å². The molecule has 0 saturated carbocycles. The molecule has 0 radical (unpaired) electrons. The number of rotatable bonds is 3. The zero-order chi connectivity index (χ0) is 11.5. The Bertz CT molecular complexity index is 560. The molecule has 0 amide bonds. The molecule has 2 rings (SSSR count). The number of hydrogen-bond donors (Lipinski definition) is 0. The predicted molar refractivity (Wildman–Crippen MR) is 58.5 cm³/mol. The molecule has 0 aliphatic heterocycles. The van der Waals surface area contributed by atoms with Crippen LogP contribution in [0.15, 0.2) is 33.5 Å². The van der Waals surface area contributed by atoms with Crippen LogP contribution >= 0.6 is 0 Å². The molecule has 0 atom stereocenters. The minimum absolute atomic E-state index is 0.0335. The maximum Gasteiger partial charge on any atom is 0.196 e. The number of halogens is 1. The molecule has 4 heteroatoms. The molecule has 84 valence electrons. The lowest BCUT2D eigenvalue weighted by molar-refractivity contribution is 0.343. The Morgan fingerprint density at radius 2 is 2.25 bits per heavy atom. The topological polar surface area (TPSA) is 39.4 Å². The molecule has 0 bridgehead atoms. The Labute approximate surface area is 91.5 Å². The van der Waals surface area contributed by atoms with E-state index in [4.69, 9.17) is 9.15 Å². The molecule has 1 heterocycles. The number of alkyl halides is 1. The van der Waals surface area contributed by atoms with Crippen molar-refractivity contribution < 1.29 is 13.5 Å². The molecule has 0 spiro atoms. The molecule has 0 aliphatic rings. The highest BCUT2D eigenvalue weighted by Crippen LogP contribution is 2.23. The Morgan fingerprint density at radius 1 is 1.44 bits per heavy atom. The summed E-state index contributed by atoms with van der Waals surface area (Å²) in [4.78, 5) is 11.7. The van der Waals surface area contributed by atoms with Gasteiger partial charge < -0.3 is 9.15 Å². The first-order chi connectivity index (χ1) is 7.76. The molecule has 0 N–H and O–H groups in total. The van der Waals surface area contributed by atoms with Crippen LogP contribution in [0.2, 0.25) is 0 Å². The molecule has 0 unspecified atom stereocenters. The first-order valence-electron chi connectivity index (χ1n) is 5.00. The minimum atomic E-state index is -0.788. The van der Waals surface area contributed by atoms with Crippen molar-refractivity contribution in [3.63, 3.8) is 0 Å². The van der Waals surface area contributed by atoms with Crippen LogP contribution in [0.3, 0.4) is 0 Å². The van der Waals surface area contributed by atoms with Gasteiger partial charge in [0, 0.05) is 6.07 Å². The van der Waals surface area contributed by atoms with E-state index in [1.165, 1.54) is 0 Å². The van der Waals surface area contributed by atoms with Crippen molar-refractivity contribution in [3.05, 3.63) is 40.2 Å². The van der Waals surface area contributed by atoms with Crippen molar-refractivity contribution in [2.24, 2.45) is 0 Å². The van der Waals surface area contributed by atoms with Crippen LogP contribution in [0, 0.1) is 0 Å². The fourth-order valence-electron chi connectivity index (χ4n) is 1.57. The van der Waals surface area contributed by atoms with Crippen LogP contribution in [0.1, 0.15) is 12.7 Å². The summed E-state index contributed by atoms with van der Waals surface area (Å²) in [6.45, 7) is 1.50. The van der Waals surface area contributed by atoms with Gasteiger partial charge in [-0.1, -0.05) is 6.07 Å². The van der Waals surface area contributed by atoms with Crippen molar-refractivity contribution in [2.75, 3.05) is 6.61 Å². The summed E-state index contributed by atoms with van der Waals surface area (Å²) in [5.74, 6) is 0.505. The highest BCUT2D eigenvalue weighted by molar-refractivity contribution is 5.83. The SMILES string of the molecule is CCOc1cccc2oc(CF)cc(=O)c12. The van der Waals surface area contributed by atoms with Gasteiger partial charge in [-0.2, -0.15) is 0 Å². The van der Waals surface area contributed by atoms with Gasteiger partial charge in [0.2, 0.25) is 0 Å². The van der Waals surface area contributed by atoms with E-state index in [1.807, 2.05) is 6.92 Å².